The number of rotatable bonds is 5. The van der Waals surface area contributed by atoms with Crippen LogP contribution in [0.1, 0.15) is 43.7 Å². The second kappa shape index (κ2) is 11.7. The van der Waals surface area contributed by atoms with E-state index >= 15 is 0 Å². The van der Waals surface area contributed by atoms with Crippen LogP contribution in [-0.2, 0) is 0 Å². The first kappa shape index (κ1) is 23.0. The Bertz CT molecular complexity index is 668. The van der Waals surface area contributed by atoms with Crippen LogP contribution in [0.25, 0.3) is 0 Å². The molecule has 0 radical (unpaired) electrons. The van der Waals surface area contributed by atoms with Crippen LogP contribution in [0.4, 0.5) is 0 Å². The Labute approximate surface area is 181 Å². The van der Waals surface area contributed by atoms with Gasteiger partial charge in [0.2, 0.25) is 0 Å². The van der Waals surface area contributed by atoms with Gasteiger partial charge < -0.3 is 10.1 Å². The Hall–Kier alpha value is -1.26. The first-order chi connectivity index (χ1) is 12.9. The molecule has 154 valence electrons. The summed E-state index contributed by atoms with van der Waals surface area (Å²) >= 11 is 0. The molecule has 1 saturated carbocycles. The minimum atomic E-state index is 0. The summed E-state index contributed by atoms with van der Waals surface area (Å²) < 4.78 is 6.11. The number of ether oxygens (including phenoxy) is 1. The number of nitrogens with zero attached hydrogens (tertiary/aromatic N) is 1. The van der Waals surface area contributed by atoms with Crippen LogP contribution in [0.3, 0.4) is 0 Å². The Morgan fingerprint density at radius 3 is 2.21 bits per heavy atom. The fourth-order valence-electron chi connectivity index (χ4n) is 4.58. The fourth-order valence-corrected chi connectivity index (χ4v) is 4.58. The van der Waals surface area contributed by atoms with Crippen LogP contribution in [0.15, 0.2) is 54.6 Å². The van der Waals surface area contributed by atoms with Gasteiger partial charge in [-0.25, -0.2) is 0 Å². The summed E-state index contributed by atoms with van der Waals surface area (Å²) in [5.41, 5.74) is 1.42. The van der Waals surface area contributed by atoms with E-state index in [2.05, 4.69) is 34.5 Å². The number of hydrogen-bond donors (Lipinski definition) is 1. The third-order valence-corrected chi connectivity index (χ3v) is 5.82. The number of para-hydroxylation sites is 1. The topological polar surface area (TPSA) is 24.5 Å². The van der Waals surface area contributed by atoms with E-state index in [0.29, 0.717) is 6.04 Å². The van der Waals surface area contributed by atoms with Crippen LogP contribution < -0.4 is 10.1 Å². The highest BCUT2D eigenvalue weighted by molar-refractivity contribution is 5.85. The molecule has 0 bridgehead atoms. The molecule has 3 nitrogen and oxygen atoms in total. The van der Waals surface area contributed by atoms with E-state index in [-0.39, 0.29) is 24.8 Å². The third-order valence-electron chi connectivity index (χ3n) is 5.82. The highest BCUT2D eigenvalue weighted by Crippen LogP contribution is 2.39. The van der Waals surface area contributed by atoms with Crippen molar-refractivity contribution in [2.75, 3.05) is 26.2 Å². The standard InChI is InChI=1S/C23H30N2O.2ClH/c1-3-8-19(9-4-1)23(25-16-14-24-15-17-25)20-10-7-13-22(18-20)26-21-11-5-2-6-12-21;;/h2,5-7,10-13,18-19,23-24H,1,3-4,8-9,14-17H2;2*1H/t23-;;/m1../s1. The van der Waals surface area contributed by atoms with E-state index < -0.39 is 0 Å². The minimum Gasteiger partial charge on any atom is -0.457 e. The van der Waals surface area contributed by atoms with Crippen molar-refractivity contribution in [2.45, 2.75) is 38.1 Å². The Balaban J connectivity index is 0.00000140. The molecule has 4 rings (SSSR count). The molecule has 0 spiro atoms. The van der Waals surface area contributed by atoms with Gasteiger partial charge in [0.05, 0.1) is 0 Å². The van der Waals surface area contributed by atoms with Crippen molar-refractivity contribution in [1.29, 1.82) is 0 Å². The predicted molar refractivity (Wildman–Crippen MR) is 121 cm³/mol. The highest BCUT2D eigenvalue weighted by Gasteiger charge is 2.31. The second-order valence-corrected chi connectivity index (χ2v) is 7.62. The number of nitrogens with one attached hydrogen (secondary N) is 1. The summed E-state index contributed by atoms with van der Waals surface area (Å²) in [5, 5.41) is 3.50. The van der Waals surface area contributed by atoms with E-state index in [1.165, 1.54) is 37.7 Å². The number of halogens is 2. The molecule has 0 unspecified atom stereocenters. The first-order valence-electron chi connectivity index (χ1n) is 10.2. The first-order valence-corrected chi connectivity index (χ1v) is 10.2. The average molecular weight is 423 g/mol. The van der Waals surface area contributed by atoms with Crippen LogP contribution in [0, 0.1) is 5.92 Å². The molecule has 5 heteroatoms. The third kappa shape index (κ3) is 5.87. The quantitative estimate of drug-likeness (QED) is 0.653. The monoisotopic (exact) mass is 422 g/mol. The molecule has 1 heterocycles. The zero-order valence-corrected chi connectivity index (χ0v) is 18.0. The molecule has 2 aliphatic rings. The minimum absolute atomic E-state index is 0. The normalized spacial score (nSPS) is 19.1. The maximum Gasteiger partial charge on any atom is 0.127 e. The van der Waals surface area contributed by atoms with Gasteiger partial charge in [-0.2, -0.15) is 0 Å². The lowest BCUT2D eigenvalue weighted by atomic mass is 9.80. The fraction of sp³-hybridized carbons (Fsp3) is 0.478. The maximum atomic E-state index is 6.11. The van der Waals surface area contributed by atoms with Gasteiger partial charge in [-0.15, -0.1) is 24.8 Å². The summed E-state index contributed by atoms with van der Waals surface area (Å²) in [6, 6.07) is 19.4. The molecule has 2 aromatic rings. The van der Waals surface area contributed by atoms with Crippen molar-refractivity contribution in [3.05, 3.63) is 60.2 Å². The molecule has 1 N–H and O–H groups in total. The lowest BCUT2D eigenvalue weighted by Gasteiger charge is -2.41. The smallest absolute Gasteiger partial charge is 0.127 e. The molecule has 1 saturated heterocycles. The number of hydrogen-bond acceptors (Lipinski definition) is 3. The SMILES string of the molecule is Cl.Cl.c1ccc(Oc2cccc([C@@H](C3CCCCC3)N3CCNCC3)c2)cc1. The van der Waals surface area contributed by atoms with Gasteiger partial charge in [-0.1, -0.05) is 49.6 Å². The zero-order valence-electron chi connectivity index (χ0n) is 16.4. The summed E-state index contributed by atoms with van der Waals surface area (Å²) in [6.07, 6.45) is 6.89. The van der Waals surface area contributed by atoms with Crippen LogP contribution >= 0.6 is 24.8 Å². The van der Waals surface area contributed by atoms with Gasteiger partial charge in [-0.3, -0.25) is 4.90 Å². The van der Waals surface area contributed by atoms with Crippen molar-refractivity contribution < 1.29 is 4.74 Å². The maximum absolute atomic E-state index is 6.11. The van der Waals surface area contributed by atoms with E-state index in [4.69, 9.17) is 4.74 Å². The van der Waals surface area contributed by atoms with Gasteiger partial charge in [-0.05, 0) is 48.6 Å². The van der Waals surface area contributed by atoms with E-state index in [9.17, 15) is 0 Å². The average Bonchev–Trinajstić information content (AvgIpc) is 2.71. The molecule has 1 atom stereocenters. The van der Waals surface area contributed by atoms with Gasteiger partial charge in [0.1, 0.15) is 11.5 Å². The van der Waals surface area contributed by atoms with Gasteiger partial charge in [0, 0.05) is 32.2 Å². The van der Waals surface area contributed by atoms with Crippen molar-refractivity contribution in [3.63, 3.8) is 0 Å². The zero-order chi connectivity index (χ0) is 17.6. The van der Waals surface area contributed by atoms with E-state index in [1.54, 1.807) is 0 Å². The molecular formula is C23H32Cl2N2O. The molecule has 28 heavy (non-hydrogen) atoms. The second-order valence-electron chi connectivity index (χ2n) is 7.62. The Kier molecular flexibility index (Phi) is 9.60. The summed E-state index contributed by atoms with van der Waals surface area (Å²) in [6.45, 7) is 4.49. The molecule has 0 amide bonds. The van der Waals surface area contributed by atoms with Gasteiger partial charge in [0.15, 0.2) is 0 Å². The summed E-state index contributed by atoms with van der Waals surface area (Å²) in [4.78, 5) is 2.70. The molecule has 2 fully saturated rings. The lowest BCUT2D eigenvalue weighted by molar-refractivity contribution is 0.103. The van der Waals surface area contributed by atoms with E-state index in [1.807, 2.05) is 30.3 Å². The summed E-state index contributed by atoms with van der Waals surface area (Å²) in [5.74, 6) is 2.62. The molecule has 1 aliphatic heterocycles. The molecule has 2 aromatic carbocycles. The van der Waals surface area contributed by atoms with Crippen molar-refractivity contribution >= 4 is 24.8 Å². The number of benzene rings is 2. The Morgan fingerprint density at radius 2 is 1.50 bits per heavy atom. The number of piperazine rings is 1. The van der Waals surface area contributed by atoms with Crippen LogP contribution in [0.5, 0.6) is 11.5 Å². The van der Waals surface area contributed by atoms with Gasteiger partial charge >= 0.3 is 0 Å². The lowest BCUT2D eigenvalue weighted by Crippen LogP contribution is -2.47. The van der Waals surface area contributed by atoms with Crippen molar-refractivity contribution in [1.82, 2.24) is 10.2 Å². The predicted octanol–water partition coefficient (Wildman–Crippen LogP) is 5.85. The largest absolute Gasteiger partial charge is 0.457 e. The molecule has 1 aliphatic carbocycles. The van der Waals surface area contributed by atoms with Crippen molar-refractivity contribution in [2.24, 2.45) is 5.92 Å². The molecule has 0 aromatic heterocycles. The Morgan fingerprint density at radius 1 is 0.821 bits per heavy atom. The van der Waals surface area contributed by atoms with Crippen molar-refractivity contribution in [3.8, 4) is 11.5 Å². The highest BCUT2D eigenvalue weighted by atomic mass is 35.5. The van der Waals surface area contributed by atoms with Crippen LogP contribution in [0.2, 0.25) is 0 Å². The molecular weight excluding hydrogens is 391 g/mol. The van der Waals surface area contributed by atoms with E-state index in [0.717, 1.165) is 43.6 Å². The van der Waals surface area contributed by atoms with Crippen LogP contribution in [-0.4, -0.2) is 31.1 Å². The summed E-state index contributed by atoms with van der Waals surface area (Å²) in [7, 11) is 0. The van der Waals surface area contributed by atoms with Gasteiger partial charge in [0.25, 0.3) is 0 Å².